The van der Waals surface area contributed by atoms with Crippen molar-refractivity contribution in [2.45, 2.75) is 24.9 Å². The largest absolute Gasteiger partial charge is 0.416 e. The molecule has 0 atom stereocenters. The number of nitrogen functional groups attached to an aromatic ring is 1. The molecule has 3 nitrogen and oxygen atoms in total. The van der Waals surface area contributed by atoms with Crippen molar-refractivity contribution in [1.82, 2.24) is 10.2 Å². The molecule has 19 heavy (non-hydrogen) atoms. The van der Waals surface area contributed by atoms with E-state index in [2.05, 4.69) is 10.2 Å². The molecule has 6 heteroatoms. The third-order valence-electron chi connectivity index (χ3n) is 3.29. The van der Waals surface area contributed by atoms with Gasteiger partial charge in [0, 0.05) is 17.2 Å². The zero-order valence-electron chi connectivity index (χ0n) is 9.96. The fourth-order valence-electron chi connectivity index (χ4n) is 2.19. The zero-order valence-corrected chi connectivity index (χ0v) is 9.96. The molecule has 0 amide bonds. The van der Waals surface area contributed by atoms with Gasteiger partial charge in [-0.05, 0) is 30.5 Å². The Morgan fingerprint density at radius 2 is 2.00 bits per heavy atom. The summed E-state index contributed by atoms with van der Waals surface area (Å²) in [6.07, 6.45) is -2.31. The Kier molecular flexibility index (Phi) is 2.55. The molecule has 1 aliphatic rings. The molecular formula is C13H12F3N3. The van der Waals surface area contributed by atoms with Crippen molar-refractivity contribution in [3.8, 4) is 11.1 Å². The van der Waals surface area contributed by atoms with E-state index in [0.717, 1.165) is 30.7 Å². The quantitative estimate of drug-likeness (QED) is 0.874. The smallest absolute Gasteiger partial charge is 0.382 e. The van der Waals surface area contributed by atoms with Crippen LogP contribution in [0.1, 0.15) is 30.0 Å². The van der Waals surface area contributed by atoms with E-state index in [1.807, 2.05) is 0 Å². The molecule has 1 fully saturated rings. The predicted molar refractivity (Wildman–Crippen MR) is 65.4 cm³/mol. The molecule has 0 spiro atoms. The SMILES string of the molecule is Nc1n[nH]c(C2CC2)c1-c1cccc(C(F)(F)F)c1. The van der Waals surface area contributed by atoms with Crippen molar-refractivity contribution in [1.29, 1.82) is 0 Å². The van der Waals surface area contributed by atoms with Crippen LogP contribution in [0.15, 0.2) is 24.3 Å². The number of anilines is 1. The van der Waals surface area contributed by atoms with Crippen LogP contribution in [0.5, 0.6) is 0 Å². The molecule has 1 heterocycles. The van der Waals surface area contributed by atoms with E-state index in [1.165, 1.54) is 6.07 Å². The van der Waals surface area contributed by atoms with Crippen LogP contribution in [0.4, 0.5) is 19.0 Å². The van der Waals surface area contributed by atoms with Gasteiger partial charge in [0.15, 0.2) is 5.82 Å². The van der Waals surface area contributed by atoms with Gasteiger partial charge >= 0.3 is 6.18 Å². The lowest BCUT2D eigenvalue weighted by Crippen LogP contribution is -2.04. The van der Waals surface area contributed by atoms with Gasteiger partial charge in [-0.2, -0.15) is 18.3 Å². The highest BCUT2D eigenvalue weighted by molar-refractivity contribution is 5.77. The monoisotopic (exact) mass is 267 g/mol. The predicted octanol–water partition coefficient (Wildman–Crippen LogP) is 3.56. The van der Waals surface area contributed by atoms with Gasteiger partial charge in [-0.25, -0.2) is 0 Å². The summed E-state index contributed by atoms with van der Waals surface area (Å²) in [6.45, 7) is 0. The van der Waals surface area contributed by atoms with Gasteiger partial charge in [0.25, 0.3) is 0 Å². The van der Waals surface area contributed by atoms with E-state index in [4.69, 9.17) is 5.73 Å². The molecule has 3 N–H and O–H groups in total. The van der Waals surface area contributed by atoms with E-state index in [-0.39, 0.29) is 5.82 Å². The molecule has 100 valence electrons. The van der Waals surface area contributed by atoms with Gasteiger partial charge in [0.05, 0.1) is 5.56 Å². The van der Waals surface area contributed by atoms with E-state index in [1.54, 1.807) is 6.07 Å². The summed E-state index contributed by atoms with van der Waals surface area (Å²) >= 11 is 0. The zero-order chi connectivity index (χ0) is 13.6. The van der Waals surface area contributed by atoms with Crippen molar-refractivity contribution in [2.75, 3.05) is 5.73 Å². The number of aromatic amines is 1. The second-order valence-corrected chi connectivity index (χ2v) is 4.75. The van der Waals surface area contributed by atoms with Crippen LogP contribution in [0.3, 0.4) is 0 Å². The summed E-state index contributed by atoms with van der Waals surface area (Å²) in [4.78, 5) is 0. The maximum absolute atomic E-state index is 12.7. The maximum atomic E-state index is 12.7. The van der Waals surface area contributed by atoms with Gasteiger partial charge in [0.1, 0.15) is 0 Å². The van der Waals surface area contributed by atoms with Gasteiger partial charge < -0.3 is 5.73 Å². The van der Waals surface area contributed by atoms with Crippen molar-refractivity contribution in [3.63, 3.8) is 0 Å². The van der Waals surface area contributed by atoms with Gasteiger partial charge in [0.2, 0.25) is 0 Å². The lowest BCUT2D eigenvalue weighted by molar-refractivity contribution is -0.137. The highest BCUT2D eigenvalue weighted by Gasteiger charge is 2.33. The minimum atomic E-state index is -4.35. The van der Waals surface area contributed by atoms with Crippen LogP contribution in [-0.4, -0.2) is 10.2 Å². The fraction of sp³-hybridized carbons (Fsp3) is 0.308. The normalized spacial score (nSPS) is 15.7. The lowest BCUT2D eigenvalue weighted by Gasteiger charge is -2.09. The van der Waals surface area contributed by atoms with Crippen molar-refractivity contribution >= 4 is 5.82 Å². The topological polar surface area (TPSA) is 54.7 Å². The average molecular weight is 267 g/mol. The Hall–Kier alpha value is -1.98. The number of H-pyrrole nitrogens is 1. The molecule has 1 aromatic heterocycles. The first-order chi connectivity index (χ1) is 8.97. The minimum absolute atomic E-state index is 0.251. The van der Waals surface area contributed by atoms with Crippen molar-refractivity contribution < 1.29 is 13.2 Å². The first-order valence-electron chi connectivity index (χ1n) is 5.98. The molecule has 2 aromatic rings. The highest BCUT2D eigenvalue weighted by Crippen LogP contribution is 2.45. The lowest BCUT2D eigenvalue weighted by atomic mass is 10.0. The molecule has 0 unspecified atom stereocenters. The van der Waals surface area contributed by atoms with Crippen LogP contribution in [-0.2, 0) is 6.18 Å². The molecule has 1 aromatic carbocycles. The maximum Gasteiger partial charge on any atom is 0.416 e. The molecule has 1 saturated carbocycles. The fourth-order valence-corrected chi connectivity index (χ4v) is 2.19. The average Bonchev–Trinajstić information content (AvgIpc) is 3.12. The van der Waals surface area contributed by atoms with Gasteiger partial charge in [-0.15, -0.1) is 0 Å². The number of halogens is 3. The first kappa shape index (κ1) is 12.1. The third-order valence-corrected chi connectivity index (χ3v) is 3.29. The van der Waals surface area contributed by atoms with Crippen LogP contribution < -0.4 is 5.73 Å². The summed E-state index contributed by atoms with van der Waals surface area (Å²) < 4.78 is 38.2. The Labute approximate surface area is 107 Å². The van der Waals surface area contributed by atoms with E-state index in [9.17, 15) is 13.2 Å². The number of aromatic nitrogens is 2. The Morgan fingerprint density at radius 3 is 2.63 bits per heavy atom. The van der Waals surface area contributed by atoms with Crippen LogP contribution >= 0.6 is 0 Å². The Morgan fingerprint density at radius 1 is 1.26 bits per heavy atom. The minimum Gasteiger partial charge on any atom is -0.382 e. The van der Waals surface area contributed by atoms with Crippen molar-refractivity contribution in [2.24, 2.45) is 0 Å². The van der Waals surface area contributed by atoms with E-state index < -0.39 is 11.7 Å². The van der Waals surface area contributed by atoms with Crippen LogP contribution in [0, 0.1) is 0 Å². The number of benzene rings is 1. The first-order valence-corrected chi connectivity index (χ1v) is 5.98. The molecule has 0 radical (unpaired) electrons. The molecule has 1 aliphatic carbocycles. The van der Waals surface area contributed by atoms with Crippen molar-refractivity contribution in [3.05, 3.63) is 35.5 Å². The second-order valence-electron chi connectivity index (χ2n) is 4.75. The summed E-state index contributed by atoms with van der Waals surface area (Å²) in [5, 5.41) is 6.75. The van der Waals surface area contributed by atoms with Crippen LogP contribution in [0.25, 0.3) is 11.1 Å². The summed E-state index contributed by atoms with van der Waals surface area (Å²) in [6, 6.07) is 5.19. The molecule has 0 aliphatic heterocycles. The number of hydrogen-bond donors (Lipinski definition) is 2. The van der Waals surface area contributed by atoms with Crippen LogP contribution in [0.2, 0.25) is 0 Å². The number of hydrogen-bond acceptors (Lipinski definition) is 2. The number of nitrogens with zero attached hydrogens (tertiary/aromatic N) is 1. The van der Waals surface area contributed by atoms with E-state index in [0.29, 0.717) is 17.0 Å². The number of nitrogens with one attached hydrogen (secondary N) is 1. The second kappa shape index (κ2) is 4.01. The number of alkyl halides is 3. The highest BCUT2D eigenvalue weighted by atomic mass is 19.4. The Balaban J connectivity index is 2.09. The molecule has 0 saturated heterocycles. The summed E-state index contributed by atoms with van der Waals surface area (Å²) in [7, 11) is 0. The third kappa shape index (κ3) is 2.18. The summed E-state index contributed by atoms with van der Waals surface area (Å²) in [5.41, 5.74) is 7.01. The molecule has 0 bridgehead atoms. The van der Waals surface area contributed by atoms with E-state index >= 15 is 0 Å². The Bertz CT molecular complexity index is 612. The number of nitrogens with two attached hydrogens (primary N) is 1. The van der Waals surface area contributed by atoms with Gasteiger partial charge in [-0.1, -0.05) is 12.1 Å². The molecular weight excluding hydrogens is 255 g/mol. The molecule has 3 rings (SSSR count). The standard InChI is InChI=1S/C13H12F3N3/c14-13(15,16)9-3-1-2-8(6-9)10-11(7-4-5-7)18-19-12(10)17/h1-3,6-7H,4-5H2,(H3,17,18,19). The number of rotatable bonds is 2. The van der Waals surface area contributed by atoms with Gasteiger partial charge in [-0.3, -0.25) is 5.10 Å². The summed E-state index contributed by atoms with van der Waals surface area (Å²) in [5.74, 6) is 0.593.